The predicted molar refractivity (Wildman–Crippen MR) is 56.6 cm³/mol. The highest BCUT2D eigenvalue weighted by Gasteiger charge is 2.10. The van der Waals surface area contributed by atoms with Crippen LogP contribution in [0.25, 0.3) is 0 Å². The van der Waals surface area contributed by atoms with E-state index >= 15 is 0 Å². The van der Waals surface area contributed by atoms with Crippen LogP contribution < -0.4 is 10.1 Å². The molecule has 0 saturated heterocycles. The zero-order chi connectivity index (χ0) is 10.6. The van der Waals surface area contributed by atoms with E-state index in [2.05, 4.69) is 36.3 Å². The molecule has 1 aromatic rings. The first kappa shape index (κ1) is 10.8. The molecule has 0 aliphatic rings. The maximum absolute atomic E-state index is 5.19. The van der Waals surface area contributed by atoms with E-state index in [1.165, 1.54) is 0 Å². The van der Waals surface area contributed by atoms with Crippen LogP contribution in [0.15, 0.2) is 12.1 Å². The van der Waals surface area contributed by atoms with Crippen LogP contribution in [0.5, 0.6) is 5.88 Å². The molecule has 0 spiro atoms. The second kappa shape index (κ2) is 4.26. The number of hydrogen-bond donors (Lipinski definition) is 1. The standard InChI is InChI=1S/C10H17N3O/c1-5-14-9-7-6-8(12-13-9)11-10(2,3)4/h6-7H,5H2,1-4H3,(H,11,12). The zero-order valence-electron chi connectivity index (χ0n) is 9.16. The van der Waals surface area contributed by atoms with Gasteiger partial charge >= 0.3 is 0 Å². The first-order valence-electron chi connectivity index (χ1n) is 4.76. The molecule has 14 heavy (non-hydrogen) atoms. The minimum atomic E-state index is 0.00180. The van der Waals surface area contributed by atoms with Gasteiger partial charge in [-0.3, -0.25) is 0 Å². The molecule has 0 bridgehead atoms. The summed E-state index contributed by atoms with van der Waals surface area (Å²) in [5, 5.41) is 11.1. The van der Waals surface area contributed by atoms with Crippen LogP contribution >= 0.6 is 0 Å². The van der Waals surface area contributed by atoms with Crippen molar-refractivity contribution in [2.75, 3.05) is 11.9 Å². The zero-order valence-corrected chi connectivity index (χ0v) is 9.16. The highest BCUT2D eigenvalue weighted by molar-refractivity contribution is 5.36. The van der Waals surface area contributed by atoms with E-state index in [-0.39, 0.29) is 5.54 Å². The lowest BCUT2D eigenvalue weighted by Crippen LogP contribution is -2.26. The van der Waals surface area contributed by atoms with Crippen molar-refractivity contribution in [3.63, 3.8) is 0 Å². The molecule has 1 heterocycles. The molecule has 0 fully saturated rings. The normalized spacial score (nSPS) is 11.1. The second-order valence-electron chi connectivity index (χ2n) is 4.06. The monoisotopic (exact) mass is 195 g/mol. The predicted octanol–water partition coefficient (Wildman–Crippen LogP) is 2.09. The summed E-state index contributed by atoms with van der Waals surface area (Å²) in [6, 6.07) is 3.67. The third kappa shape index (κ3) is 3.60. The minimum absolute atomic E-state index is 0.00180. The van der Waals surface area contributed by atoms with Crippen molar-refractivity contribution < 1.29 is 4.74 Å². The third-order valence-corrected chi connectivity index (χ3v) is 1.44. The number of hydrogen-bond acceptors (Lipinski definition) is 4. The molecule has 0 aliphatic heterocycles. The average molecular weight is 195 g/mol. The SMILES string of the molecule is CCOc1ccc(NC(C)(C)C)nn1. The molecule has 1 aromatic heterocycles. The summed E-state index contributed by atoms with van der Waals surface area (Å²) in [6.07, 6.45) is 0. The molecule has 4 nitrogen and oxygen atoms in total. The Morgan fingerprint density at radius 1 is 1.29 bits per heavy atom. The maximum atomic E-state index is 5.19. The van der Waals surface area contributed by atoms with Crippen LogP contribution in [0, 0.1) is 0 Å². The van der Waals surface area contributed by atoms with Crippen molar-refractivity contribution in [2.24, 2.45) is 0 Å². The molecule has 0 atom stereocenters. The number of rotatable bonds is 3. The van der Waals surface area contributed by atoms with Gasteiger partial charge in [0.05, 0.1) is 6.61 Å². The Balaban J connectivity index is 2.64. The minimum Gasteiger partial charge on any atom is -0.477 e. The first-order chi connectivity index (χ1) is 6.51. The van der Waals surface area contributed by atoms with Crippen LogP contribution in [-0.4, -0.2) is 22.3 Å². The Morgan fingerprint density at radius 2 is 2.00 bits per heavy atom. The molecular formula is C10H17N3O. The lowest BCUT2D eigenvalue weighted by molar-refractivity contribution is 0.323. The van der Waals surface area contributed by atoms with Gasteiger partial charge in [0.1, 0.15) is 5.82 Å². The van der Waals surface area contributed by atoms with Crippen molar-refractivity contribution >= 4 is 5.82 Å². The fourth-order valence-electron chi connectivity index (χ4n) is 0.996. The summed E-state index contributed by atoms with van der Waals surface area (Å²) >= 11 is 0. The first-order valence-corrected chi connectivity index (χ1v) is 4.76. The Kier molecular flexibility index (Phi) is 3.28. The quantitative estimate of drug-likeness (QED) is 0.802. The molecule has 1 rings (SSSR count). The van der Waals surface area contributed by atoms with E-state index in [9.17, 15) is 0 Å². The van der Waals surface area contributed by atoms with Gasteiger partial charge in [-0.2, -0.15) is 0 Å². The molecule has 0 aromatic carbocycles. The van der Waals surface area contributed by atoms with Crippen molar-refractivity contribution in [1.82, 2.24) is 10.2 Å². The van der Waals surface area contributed by atoms with Crippen LogP contribution in [0.2, 0.25) is 0 Å². The van der Waals surface area contributed by atoms with Gasteiger partial charge in [0.2, 0.25) is 5.88 Å². The van der Waals surface area contributed by atoms with Gasteiger partial charge in [-0.15, -0.1) is 10.2 Å². The molecule has 0 saturated carbocycles. The van der Waals surface area contributed by atoms with Crippen LogP contribution in [0.4, 0.5) is 5.82 Å². The van der Waals surface area contributed by atoms with E-state index in [4.69, 9.17) is 4.74 Å². The van der Waals surface area contributed by atoms with Gasteiger partial charge in [0, 0.05) is 11.6 Å². The smallest absolute Gasteiger partial charge is 0.233 e. The van der Waals surface area contributed by atoms with Gasteiger partial charge in [0.25, 0.3) is 0 Å². The highest BCUT2D eigenvalue weighted by Crippen LogP contribution is 2.13. The van der Waals surface area contributed by atoms with E-state index in [1.807, 2.05) is 19.1 Å². The molecule has 4 heteroatoms. The Labute approximate surface area is 84.7 Å². The molecule has 0 amide bonds. The van der Waals surface area contributed by atoms with E-state index in [1.54, 1.807) is 0 Å². The third-order valence-electron chi connectivity index (χ3n) is 1.44. The summed E-state index contributed by atoms with van der Waals surface area (Å²) in [5.41, 5.74) is 0.00180. The summed E-state index contributed by atoms with van der Waals surface area (Å²) in [6.45, 7) is 8.76. The van der Waals surface area contributed by atoms with Crippen LogP contribution in [0.1, 0.15) is 27.7 Å². The topological polar surface area (TPSA) is 47.0 Å². The van der Waals surface area contributed by atoms with Gasteiger partial charge in [-0.05, 0) is 33.8 Å². The van der Waals surface area contributed by atoms with Crippen molar-refractivity contribution in [1.29, 1.82) is 0 Å². The summed E-state index contributed by atoms with van der Waals surface area (Å²) in [7, 11) is 0. The van der Waals surface area contributed by atoms with Crippen molar-refractivity contribution in [3.05, 3.63) is 12.1 Å². The van der Waals surface area contributed by atoms with E-state index < -0.39 is 0 Å². The molecule has 0 unspecified atom stereocenters. The molecule has 0 radical (unpaired) electrons. The summed E-state index contributed by atoms with van der Waals surface area (Å²) < 4.78 is 5.19. The Bertz CT molecular complexity index is 276. The van der Waals surface area contributed by atoms with Gasteiger partial charge < -0.3 is 10.1 Å². The number of aromatic nitrogens is 2. The highest BCUT2D eigenvalue weighted by atomic mass is 16.5. The number of nitrogens with zero attached hydrogens (tertiary/aromatic N) is 2. The molecular weight excluding hydrogens is 178 g/mol. The lowest BCUT2D eigenvalue weighted by Gasteiger charge is -2.20. The molecule has 1 N–H and O–H groups in total. The van der Waals surface area contributed by atoms with Crippen LogP contribution in [-0.2, 0) is 0 Å². The van der Waals surface area contributed by atoms with Gasteiger partial charge in [-0.25, -0.2) is 0 Å². The van der Waals surface area contributed by atoms with Crippen molar-refractivity contribution in [2.45, 2.75) is 33.2 Å². The Morgan fingerprint density at radius 3 is 2.43 bits per heavy atom. The van der Waals surface area contributed by atoms with E-state index in [0.29, 0.717) is 12.5 Å². The number of nitrogens with one attached hydrogen (secondary N) is 1. The Hall–Kier alpha value is -1.32. The second-order valence-corrected chi connectivity index (χ2v) is 4.06. The van der Waals surface area contributed by atoms with Crippen molar-refractivity contribution in [3.8, 4) is 5.88 Å². The maximum Gasteiger partial charge on any atom is 0.233 e. The fraction of sp³-hybridized carbons (Fsp3) is 0.600. The fourth-order valence-corrected chi connectivity index (χ4v) is 0.996. The average Bonchev–Trinajstić information content (AvgIpc) is 2.06. The molecule has 0 aliphatic carbocycles. The summed E-state index contributed by atoms with van der Waals surface area (Å²) in [4.78, 5) is 0. The molecule has 78 valence electrons. The number of ether oxygens (including phenoxy) is 1. The lowest BCUT2D eigenvalue weighted by atomic mass is 10.1. The largest absolute Gasteiger partial charge is 0.477 e. The van der Waals surface area contributed by atoms with Gasteiger partial charge in [-0.1, -0.05) is 0 Å². The summed E-state index contributed by atoms with van der Waals surface area (Å²) in [5.74, 6) is 1.33. The van der Waals surface area contributed by atoms with Crippen LogP contribution in [0.3, 0.4) is 0 Å². The van der Waals surface area contributed by atoms with Gasteiger partial charge in [0.15, 0.2) is 0 Å². The van der Waals surface area contributed by atoms with E-state index in [0.717, 1.165) is 5.82 Å². The number of anilines is 1.